The number of hydrogen-bond acceptors (Lipinski definition) is 4. The van der Waals surface area contributed by atoms with E-state index in [1.54, 1.807) is 12.4 Å². The molecule has 6 heteroatoms. The summed E-state index contributed by atoms with van der Waals surface area (Å²) in [5, 5.41) is 8.39. The fraction of sp³-hybridized carbons (Fsp3) is 0.0714. The number of aromatic nitrogens is 1. The maximum Gasteiger partial charge on any atom is 0.163 e. The molecule has 0 fully saturated rings. The molecular weight excluding hydrogens is 292 g/mol. The highest BCUT2D eigenvalue weighted by molar-refractivity contribution is 7.80. The molecule has 102 valence electrons. The minimum absolute atomic E-state index is 0.428. The van der Waals surface area contributed by atoms with Crippen LogP contribution in [0.15, 0.2) is 59.0 Å². The first-order valence-corrected chi connectivity index (χ1v) is 6.85. The van der Waals surface area contributed by atoms with Gasteiger partial charge in [0.15, 0.2) is 5.84 Å². The first kappa shape index (κ1) is 14.6. The molecule has 1 heterocycles. The van der Waals surface area contributed by atoms with Gasteiger partial charge in [-0.3, -0.25) is 4.98 Å². The summed E-state index contributed by atoms with van der Waals surface area (Å²) in [5.41, 5.74) is 1.76. The Kier molecular flexibility index (Phi) is 5.15. The Morgan fingerprint density at radius 1 is 1.30 bits per heavy atom. The Bertz CT molecular complexity index is 616. The van der Waals surface area contributed by atoms with Gasteiger partial charge in [0.2, 0.25) is 0 Å². The Labute approximate surface area is 128 Å². The first-order chi connectivity index (χ1) is 9.76. The van der Waals surface area contributed by atoms with Gasteiger partial charge in [0, 0.05) is 35.4 Å². The average molecular weight is 305 g/mol. The molecule has 0 saturated heterocycles. The van der Waals surface area contributed by atoms with Gasteiger partial charge < -0.3 is 4.90 Å². The van der Waals surface area contributed by atoms with Gasteiger partial charge in [-0.05, 0) is 30.3 Å². The molecule has 1 aromatic carbocycles. The fourth-order valence-corrected chi connectivity index (χ4v) is 2.23. The van der Waals surface area contributed by atoms with Gasteiger partial charge in [0.25, 0.3) is 0 Å². The molecule has 20 heavy (non-hydrogen) atoms. The monoisotopic (exact) mass is 304 g/mol. The van der Waals surface area contributed by atoms with Crippen molar-refractivity contribution >= 4 is 42.5 Å². The van der Waals surface area contributed by atoms with Crippen LogP contribution in [0, 0.1) is 0 Å². The van der Waals surface area contributed by atoms with Crippen molar-refractivity contribution in [1.29, 1.82) is 0 Å². The van der Waals surface area contributed by atoms with E-state index in [1.807, 2.05) is 41.3 Å². The lowest BCUT2D eigenvalue weighted by Gasteiger charge is -2.23. The summed E-state index contributed by atoms with van der Waals surface area (Å²) in [6.45, 7) is 3.42. The Balaban J connectivity index is 2.47. The smallest absolute Gasteiger partial charge is 0.163 e. The van der Waals surface area contributed by atoms with Crippen LogP contribution in [-0.4, -0.2) is 23.4 Å². The average Bonchev–Trinajstić information content (AvgIpc) is 2.48. The van der Waals surface area contributed by atoms with Crippen LogP contribution in [0.25, 0.3) is 0 Å². The zero-order valence-corrected chi connectivity index (χ0v) is 12.3. The van der Waals surface area contributed by atoms with E-state index in [0.717, 1.165) is 11.3 Å². The molecule has 0 amide bonds. The second kappa shape index (κ2) is 7.07. The molecule has 0 spiro atoms. The van der Waals surface area contributed by atoms with Crippen molar-refractivity contribution in [2.75, 3.05) is 10.8 Å². The Hall–Kier alpha value is -1.85. The van der Waals surface area contributed by atoms with Crippen molar-refractivity contribution in [2.45, 2.75) is 0 Å². The van der Waals surface area contributed by atoms with E-state index in [0.29, 0.717) is 16.7 Å². The molecule has 2 aromatic rings. The maximum absolute atomic E-state index is 6.04. The molecule has 1 aromatic heterocycles. The van der Waals surface area contributed by atoms with Gasteiger partial charge in [-0.2, -0.15) is 17.7 Å². The molecule has 0 aliphatic heterocycles. The van der Waals surface area contributed by atoms with Gasteiger partial charge in [-0.15, -0.1) is 5.10 Å². The van der Waals surface area contributed by atoms with Crippen molar-refractivity contribution < 1.29 is 0 Å². The number of halogens is 1. The van der Waals surface area contributed by atoms with Crippen LogP contribution >= 0.6 is 24.2 Å². The van der Waals surface area contributed by atoms with Gasteiger partial charge in [-0.1, -0.05) is 17.7 Å². The molecule has 0 saturated carbocycles. The first-order valence-electron chi connectivity index (χ1n) is 5.84. The van der Waals surface area contributed by atoms with Crippen molar-refractivity contribution in [3.05, 3.63) is 59.4 Å². The van der Waals surface area contributed by atoms with Gasteiger partial charge in [-0.25, -0.2) is 0 Å². The van der Waals surface area contributed by atoms with Crippen molar-refractivity contribution in [1.82, 2.24) is 4.98 Å². The molecule has 0 N–H and O–H groups in total. The van der Waals surface area contributed by atoms with Crippen LogP contribution in [0.3, 0.4) is 0 Å². The molecule has 0 aliphatic rings. The molecule has 4 nitrogen and oxygen atoms in total. The fourth-order valence-electron chi connectivity index (χ4n) is 1.75. The topological polar surface area (TPSA) is 40.9 Å². The number of benzene rings is 1. The van der Waals surface area contributed by atoms with Crippen molar-refractivity contribution in [2.24, 2.45) is 10.2 Å². The van der Waals surface area contributed by atoms with E-state index in [1.165, 1.54) is 0 Å². The van der Waals surface area contributed by atoms with Crippen LogP contribution in [0.2, 0.25) is 5.02 Å². The maximum atomic E-state index is 6.04. The predicted octanol–water partition coefficient (Wildman–Crippen LogP) is 3.49. The summed E-state index contributed by atoms with van der Waals surface area (Å²) in [7, 11) is 0. The second-order valence-corrected chi connectivity index (χ2v) is 4.57. The van der Waals surface area contributed by atoms with E-state index in [4.69, 9.17) is 11.6 Å². The summed E-state index contributed by atoms with van der Waals surface area (Å²) in [6.07, 6.45) is 3.39. The SMILES string of the molecule is C=N/N=C(/c1ccncc1)N(CS)c1cccc(Cl)c1. The molecule has 0 aliphatic carbocycles. The van der Waals surface area contributed by atoms with Gasteiger partial charge in [0.1, 0.15) is 0 Å². The van der Waals surface area contributed by atoms with Crippen LogP contribution in [0.1, 0.15) is 5.56 Å². The van der Waals surface area contributed by atoms with Crippen LogP contribution in [0.5, 0.6) is 0 Å². The third-order valence-corrected chi connectivity index (χ3v) is 3.14. The van der Waals surface area contributed by atoms with E-state index in [9.17, 15) is 0 Å². The van der Waals surface area contributed by atoms with Crippen molar-refractivity contribution in [3.63, 3.8) is 0 Å². The van der Waals surface area contributed by atoms with Crippen LogP contribution < -0.4 is 4.90 Å². The van der Waals surface area contributed by atoms with Gasteiger partial charge >= 0.3 is 0 Å². The van der Waals surface area contributed by atoms with Crippen molar-refractivity contribution in [3.8, 4) is 0 Å². The number of hydrogen-bond donors (Lipinski definition) is 1. The lowest BCUT2D eigenvalue weighted by Crippen LogP contribution is -2.30. The van der Waals surface area contributed by atoms with E-state index >= 15 is 0 Å². The number of amidine groups is 1. The minimum Gasteiger partial charge on any atom is -0.315 e. The highest BCUT2D eigenvalue weighted by Crippen LogP contribution is 2.22. The normalized spacial score (nSPS) is 11.2. The molecular formula is C14H13ClN4S. The number of pyridine rings is 1. The lowest BCUT2D eigenvalue weighted by atomic mass is 10.2. The standard InChI is InChI=1S/C14H13ClN4S/c1-16-18-14(11-5-7-17-8-6-11)19(10-20)13-4-2-3-12(15)9-13/h2-9,20H,1,10H2/b18-14-. The second-order valence-electron chi connectivity index (χ2n) is 3.85. The Morgan fingerprint density at radius 3 is 2.65 bits per heavy atom. The summed E-state index contributed by atoms with van der Waals surface area (Å²) in [6, 6.07) is 11.2. The summed E-state index contributed by atoms with van der Waals surface area (Å²) >= 11 is 10.4. The van der Waals surface area contributed by atoms with Crippen LogP contribution in [-0.2, 0) is 0 Å². The largest absolute Gasteiger partial charge is 0.315 e. The number of rotatable bonds is 4. The molecule has 0 atom stereocenters. The van der Waals surface area contributed by atoms with E-state index < -0.39 is 0 Å². The summed E-state index contributed by atoms with van der Waals surface area (Å²) < 4.78 is 0. The molecule has 2 rings (SSSR count). The van der Waals surface area contributed by atoms with E-state index in [-0.39, 0.29) is 0 Å². The van der Waals surface area contributed by atoms with E-state index in [2.05, 4.69) is 34.5 Å². The predicted molar refractivity (Wildman–Crippen MR) is 88.1 cm³/mol. The highest BCUT2D eigenvalue weighted by Gasteiger charge is 2.15. The highest BCUT2D eigenvalue weighted by atomic mass is 35.5. The van der Waals surface area contributed by atoms with Crippen LogP contribution in [0.4, 0.5) is 5.69 Å². The number of nitrogens with zero attached hydrogens (tertiary/aromatic N) is 4. The lowest BCUT2D eigenvalue weighted by molar-refractivity contribution is 1.15. The quantitative estimate of drug-likeness (QED) is 0.309. The minimum atomic E-state index is 0.428. The molecule has 0 radical (unpaired) electrons. The third kappa shape index (κ3) is 3.37. The zero-order chi connectivity index (χ0) is 14.4. The number of thiol groups is 1. The zero-order valence-electron chi connectivity index (χ0n) is 10.6. The number of anilines is 1. The summed E-state index contributed by atoms with van der Waals surface area (Å²) in [4.78, 5) is 5.89. The summed E-state index contributed by atoms with van der Waals surface area (Å²) in [5.74, 6) is 1.07. The molecule has 0 bridgehead atoms. The van der Waals surface area contributed by atoms with Gasteiger partial charge in [0.05, 0.1) is 5.88 Å². The third-order valence-electron chi connectivity index (χ3n) is 2.62. The Morgan fingerprint density at radius 2 is 2.05 bits per heavy atom. The molecule has 0 unspecified atom stereocenters.